The maximum atomic E-state index is 9.85. The van der Waals surface area contributed by atoms with Gasteiger partial charge in [0.2, 0.25) is 0 Å². The Morgan fingerprint density at radius 2 is 2.00 bits per heavy atom. The molecule has 3 rings (SSSR count). The number of phenolic OH excluding ortho intramolecular Hbond substituents is 1. The van der Waals surface area contributed by atoms with E-state index < -0.39 is 0 Å². The van der Waals surface area contributed by atoms with Gasteiger partial charge in [-0.25, -0.2) is 4.98 Å². The van der Waals surface area contributed by atoms with Crippen molar-refractivity contribution < 1.29 is 5.11 Å². The molecular weight excluding hydrogens is 202 g/mol. The Balaban J connectivity index is 2.59. The largest absolute Gasteiger partial charge is 0.506 e. The van der Waals surface area contributed by atoms with E-state index in [1.165, 1.54) is 0 Å². The van der Waals surface area contributed by atoms with Gasteiger partial charge in [0.15, 0.2) is 0 Å². The fraction of sp³-hybridized carbons (Fsp3) is 0. The maximum absolute atomic E-state index is 9.85. The molecule has 0 amide bonds. The van der Waals surface area contributed by atoms with Crippen molar-refractivity contribution in [3.05, 3.63) is 36.5 Å². The van der Waals surface area contributed by atoms with Crippen LogP contribution in [0.3, 0.4) is 0 Å². The number of rotatable bonds is 0. The number of hydrogen-bond acceptors (Lipinski definition) is 4. The Morgan fingerprint density at radius 1 is 1.12 bits per heavy atom. The van der Waals surface area contributed by atoms with E-state index in [0.717, 1.165) is 16.3 Å². The molecule has 0 spiro atoms. The summed E-state index contributed by atoms with van der Waals surface area (Å²) >= 11 is 0. The third-order valence-corrected chi connectivity index (χ3v) is 2.55. The molecule has 0 fully saturated rings. The molecular formula is C12H9N3O. The predicted octanol–water partition coefficient (Wildman–Crippen LogP) is 2.07. The van der Waals surface area contributed by atoms with E-state index in [1.807, 2.05) is 18.2 Å². The van der Waals surface area contributed by atoms with Gasteiger partial charge >= 0.3 is 0 Å². The van der Waals surface area contributed by atoms with E-state index in [-0.39, 0.29) is 5.75 Å². The van der Waals surface area contributed by atoms with Gasteiger partial charge < -0.3 is 10.8 Å². The predicted molar refractivity (Wildman–Crippen MR) is 63.1 cm³/mol. The number of hydrogen-bond donors (Lipinski definition) is 2. The second-order valence-electron chi connectivity index (χ2n) is 3.60. The normalized spacial score (nSPS) is 11.0. The average Bonchev–Trinajstić information content (AvgIpc) is 2.29. The molecule has 0 aliphatic heterocycles. The smallest absolute Gasteiger partial charge is 0.142 e. The Labute approximate surface area is 91.4 Å². The van der Waals surface area contributed by atoms with Crippen molar-refractivity contribution in [3.63, 3.8) is 0 Å². The van der Waals surface area contributed by atoms with Crippen LogP contribution in [-0.4, -0.2) is 15.1 Å². The summed E-state index contributed by atoms with van der Waals surface area (Å²) in [7, 11) is 0. The van der Waals surface area contributed by atoms with Crippen molar-refractivity contribution in [2.24, 2.45) is 0 Å². The third kappa shape index (κ3) is 1.16. The zero-order valence-electron chi connectivity index (χ0n) is 8.38. The third-order valence-electron chi connectivity index (χ3n) is 2.55. The van der Waals surface area contributed by atoms with Crippen LogP contribution in [0.25, 0.3) is 21.8 Å². The summed E-state index contributed by atoms with van der Waals surface area (Å²) in [6.45, 7) is 0. The number of pyridine rings is 2. The molecule has 0 bridgehead atoms. The lowest BCUT2D eigenvalue weighted by atomic mass is 10.1. The van der Waals surface area contributed by atoms with Crippen LogP contribution in [0.1, 0.15) is 0 Å². The van der Waals surface area contributed by atoms with E-state index in [9.17, 15) is 5.11 Å². The van der Waals surface area contributed by atoms with E-state index in [0.29, 0.717) is 11.3 Å². The molecule has 16 heavy (non-hydrogen) atoms. The molecule has 0 saturated carbocycles. The molecule has 0 unspecified atom stereocenters. The van der Waals surface area contributed by atoms with Crippen LogP contribution >= 0.6 is 0 Å². The van der Waals surface area contributed by atoms with Crippen molar-refractivity contribution in [3.8, 4) is 5.75 Å². The highest BCUT2D eigenvalue weighted by Crippen LogP contribution is 2.30. The van der Waals surface area contributed by atoms with Gasteiger partial charge in [-0.15, -0.1) is 0 Å². The summed E-state index contributed by atoms with van der Waals surface area (Å²) in [6, 6.07) is 8.91. The van der Waals surface area contributed by atoms with E-state index in [4.69, 9.17) is 5.73 Å². The first-order valence-corrected chi connectivity index (χ1v) is 4.88. The lowest BCUT2D eigenvalue weighted by Crippen LogP contribution is -1.91. The second-order valence-corrected chi connectivity index (χ2v) is 3.60. The maximum Gasteiger partial charge on any atom is 0.142 e. The van der Waals surface area contributed by atoms with Crippen LogP contribution in [0, 0.1) is 0 Å². The van der Waals surface area contributed by atoms with E-state index in [1.54, 1.807) is 18.3 Å². The summed E-state index contributed by atoms with van der Waals surface area (Å²) in [5.74, 6) is 0.515. The zero-order valence-corrected chi connectivity index (χ0v) is 8.38. The fourth-order valence-corrected chi connectivity index (χ4v) is 1.84. The molecule has 4 heteroatoms. The summed E-state index contributed by atoms with van der Waals surface area (Å²) in [6.07, 6.45) is 1.72. The number of anilines is 1. The van der Waals surface area contributed by atoms with Crippen LogP contribution in [-0.2, 0) is 0 Å². The second kappa shape index (κ2) is 3.06. The first kappa shape index (κ1) is 8.91. The number of benzene rings is 1. The first-order chi connectivity index (χ1) is 7.75. The standard InChI is InChI=1S/C12H9N3O/c13-10-4-3-8-11-7(2-1-5-14-11)6-9(16)12(8)15-10/h1-6,16H,(H2,13,15). The zero-order chi connectivity index (χ0) is 11.1. The number of aromatic nitrogens is 2. The van der Waals surface area contributed by atoms with Gasteiger partial charge in [0.05, 0.1) is 5.52 Å². The number of nitrogens with two attached hydrogens (primary N) is 1. The molecule has 4 nitrogen and oxygen atoms in total. The number of aromatic hydroxyl groups is 1. The Kier molecular flexibility index (Phi) is 1.71. The molecule has 3 aromatic rings. The molecule has 0 aliphatic rings. The molecule has 0 saturated heterocycles. The van der Waals surface area contributed by atoms with Gasteiger partial charge in [0, 0.05) is 17.0 Å². The summed E-state index contributed by atoms with van der Waals surface area (Å²) in [5, 5.41) is 11.5. The van der Waals surface area contributed by atoms with Crippen LogP contribution in [0.15, 0.2) is 36.5 Å². The van der Waals surface area contributed by atoms with Gasteiger partial charge in [0.25, 0.3) is 0 Å². The summed E-state index contributed by atoms with van der Waals surface area (Å²) in [4.78, 5) is 8.40. The minimum atomic E-state index is 0.128. The highest BCUT2D eigenvalue weighted by molar-refractivity contribution is 6.06. The number of nitrogens with zero attached hydrogens (tertiary/aromatic N) is 2. The van der Waals surface area contributed by atoms with Crippen molar-refractivity contribution in [2.45, 2.75) is 0 Å². The molecule has 1 aromatic carbocycles. The van der Waals surface area contributed by atoms with Gasteiger partial charge in [-0.1, -0.05) is 6.07 Å². The Morgan fingerprint density at radius 3 is 2.88 bits per heavy atom. The van der Waals surface area contributed by atoms with E-state index >= 15 is 0 Å². The first-order valence-electron chi connectivity index (χ1n) is 4.88. The Bertz CT molecular complexity index is 694. The van der Waals surface area contributed by atoms with Crippen molar-refractivity contribution in [1.29, 1.82) is 0 Å². The van der Waals surface area contributed by atoms with Crippen LogP contribution in [0.4, 0.5) is 5.82 Å². The molecule has 2 heterocycles. The SMILES string of the molecule is Nc1ccc2c(n1)c(O)cc1cccnc12. The van der Waals surface area contributed by atoms with E-state index in [2.05, 4.69) is 9.97 Å². The van der Waals surface area contributed by atoms with Crippen LogP contribution in [0.2, 0.25) is 0 Å². The number of phenols is 1. The Hall–Kier alpha value is -2.36. The fourth-order valence-electron chi connectivity index (χ4n) is 1.84. The van der Waals surface area contributed by atoms with Gasteiger partial charge in [-0.2, -0.15) is 0 Å². The van der Waals surface area contributed by atoms with Gasteiger partial charge in [-0.3, -0.25) is 4.98 Å². The van der Waals surface area contributed by atoms with Crippen molar-refractivity contribution in [1.82, 2.24) is 9.97 Å². The highest BCUT2D eigenvalue weighted by Gasteiger charge is 2.07. The minimum Gasteiger partial charge on any atom is -0.506 e. The van der Waals surface area contributed by atoms with Crippen molar-refractivity contribution in [2.75, 3.05) is 5.73 Å². The van der Waals surface area contributed by atoms with Crippen LogP contribution < -0.4 is 5.73 Å². The van der Waals surface area contributed by atoms with Gasteiger partial charge in [-0.05, 0) is 24.3 Å². The quantitative estimate of drug-likeness (QED) is 0.558. The van der Waals surface area contributed by atoms with Crippen molar-refractivity contribution >= 4 is 27.6 Å². The molecule has 0 atom stereocenters. The lowest BCUT2D eigenvalue weighted by molar-refractivity contribution is 0.481. The minimum absolute atomic E-state index is 0.128. The number of nitrogen functional groups attached to an aromatic ring is 1. The molecule has 78 valence electrons. The highest BCUT2D eigenvalue weighted by atomic mass is 16.3. The molecule has 3 N–H and O–H groups in total. The topological polar surface area (TPSA) is 72.0 Å². The molecule has 2 aromatic heterocycles. The molecule has 0 radical (unpaired) electrons. The number of fused-ring (bicyclic) bond motifs is 3. The lowest BCUT2D eigenvalue weighted by Gasteiger charge is -2.05. The average molecular weight is 211 g/mol. The summed E-state index contributed by atoms with van der Waals surface area (Å²) in [5.41, 5.74) is 6.91. The molecule has 0 aliphatic carbocycles. The summed E-state index contributed by atoms with van der Waals surface area (Å²) < 4.78 is 0. The monoisotopic (exact) mass is 211 g/mol. The van der Waals surface area contributed by atoms with Crippen LogP contribution in [0.5, 0.6) is 5.75 Å². The van der Waals surface area contributed by atoms with Gasteiger partial charge in [0.1, 0.15) is 17.1 Å².